The predicted octanol–water partition coefficient (Wildman–Crippen LogP) is 8.06. The number of halogens is 1. The second-order valence-electron chi connectivity index (χ2n) is 14.8. The van der Waals surface area contributed by atoms with Crippen LogP contribution in [0.4, 0.5) is 0 Å². The average molecular weight is 814 g/mol. The van der Waals surface area contributed by atoms with Gasteiger partial charge >= 0.3 is 0 Å². The number of oxime groups is 1. The first kappa shape index (κ1) is 36.8. The number of benzene rings is 3. The van der Waals surface area contributed by atoms with E-state index in [1.807, 2.05) is 68.6 Å². The van der Waals surface area contributed by atoms with Gasteiger partial charge in [-0.1, -0.05) is 86.6 Å². The highest BCUT2D eigenvalue weighted by Crippen LogP contribution is 2.42. The molecule has 0 aliphatic carbocycles. The summed E-state index contributed by atoms with van der Waals surface area (Å²) >= 11 is 2.31. The van der Waals surface area contributed by atoms with E-state index in [1.54, 1.807) is 6.21 Å². The molecule has 268 valence electrons. The fourth-order valence-corrected chi connectivity index (χ4v) is 7.55. The van der Waals surface area contributed by atoms with Crippen LogP contribution in [-0.2, 0) is 36.7 Å². The Hall–Kier alpha value is -3.01. The number of rotatable bonds is 14. The molecule has 10 nitrogen and oxygen atoms in total. The van der Waals surface area contributed by atoms with Crippen molar-refractivity contribution >= 4 is 43.3 Å². The Bertz CT molecular complexity index is 1650. The van der Waals surface area contributed by atoms with Crippen molar-refractivity contribution in [2.45, 2.75) is 102 Å². The molecule has 0 radical (unpaired) electrons. The number of hydrogen-bond donors (Lipinski definition) is 0. The number of fused-ring (bicyclic) bond motifs is 1. The Balaban J connectivity index is 1.31. The summed E-state index contributed by atoms with van der Waals surface area (Å²) in [4.78, 5) is 5.70. The van der Waals surface area contributed by atoms with Crippen LogP contribution in [0.15, 0.2) is 83.1 Å². The molecule has 3 aromatic rings. The minimum Gasteiger partial charge on any atom is -0.454 e. The number of hydrazone groups is 1. The van der Waals surface area contributed by atoms with Gasteiger partial charge in [0.2, 0.25) is 6.79 Å². The van der Waals surface area contributed by atoms with Crippen molar-refractivity contribution < 1.29 is 32.9 Å². The molecule has 0 spiro atoms. The van der Waals surface area contributed by atoms with E-state index in [0.717, 1.165) is 27.0 Å². The average Bonchev–Trinajstić information content (AvgIpc) is 3.60. The van der Waals surface area contributed by atoms with Crippen LogP contribution >= 0.6 is 22.6 Å². The summed E-state index contributed by atoms with van der Waals surface area (Å²) in [6, 6.07) is 24.5. The van der Waals surface area contributed by atoms with Crippen molar-refractivity contribution in [3.05, 3.63) is 93.1 Å². The molecule has 3 aromatic carbocycles. The van der Waals surface area contributed by atoms with Crippen LogP contribution in [-0.4, -0.2) is 69.3 Å². The summed E-state index contributed by atoms with van der Waals surface area (Å²) in [5.74, 6) is 0.543. The second kappa shape index (κ2) is 15.3. The van der Waals surface area contributed by atoms with Gasteiger partial charge in [-0.15, -0.1) is 0 Å². The van der Waals surface area contributed by atoms with Crippen LogP contribution in [0.3, 0.4) is 0 Å². The van der Waals surface area contributed by atoms with Gasteiger partial charge in [0.1, 0.15) is 31.0 Å². The van der Waals surface area contributed by atoms with Crippen molar-refractivity contribution in [3.63, 3.8) is 0 Å². The van der Waals surface area contributed by atoms with Gasteiger partial charge < -0.3 is 32.9 Å². The highest BCUT2D eigenvalue weighted by Gasteiger charge is 2.51. The van der Waals surface area contributed by atoms with E-state index in [2.05, 4.69) is 90.9 Å². The van der Waals surface area contributed by atoms with E-state index < -0.39 is 38.5 Å². The molecule has 5 atom stereocenters. The summed E-state index contributed by atoms with van der Waals surface area (Å²) in [5, 5.41) is 11.3. The van der Waals surface area contributed by atoms with Crippen LogP contribution in [0.2, 0.25) is 18.1 Å². The molecule has 0 aromatic heterocycles. The van der Waals surface area contributed by atoms with Gasteiger partial charge in [-0.2, -0.15) is 5.10 Å². The van der Waals surface area contributed by atoms with E-state index in [9.17, 15) is 0 Å². The molecule has 0 N–H and O–H groups in total. The summed E-state index contributed by atoms with van der Waals surface area (Å²) in [6.07, 6.45) is 1.21. The molecule has 3 aliphatic rings. The third-order valence-corrected chi connectivity index (χ3v) is 15.0. The molecule has 0 bridgehead atoms. The normalized spacial score (nSPS) is 22.7. The van der Waals surface area contributed by atoms with E-state index >= 15 is 0 Å². The minimum atomic E-state index is -2.40. The van der Waals surface area contributed by atoms with Crippen molar-refractivity contribution in [2.75, 3.05) is 13.3 Å². The lowest BCUT2D eigenvalue weighted by molar-refractivity contribution is -0.158. The molecule has 0 amide bonds. The Kier molecular flexibility index (Phi) is 11.3. The SMILES string of the molecule is CC1(C)O[C@H]([C@@H](O[Si](C)(C)C(C)(C)C)[C@@H](/C=N/N2CC2c2ccccc2)OCc2cc3c(cc2I)OCO3)[C@H](/C=N\OCc2ccccc2)O1. The van der Waals surface area contributed by atoms with Gasteiger partial charge in [0.15, 0.2) is 25.6 Å². The van der Waals surface area contributed by atoms with E-state index in [0.29, 0.717) is 19.0 Å². The van der Waals surface area contributed by atoms with Gasteiger partial charge in [-0.3, -0.25) is 5.01 Å². The molecule has 6 rings (SSSR count). The van der Waals surface area contributed by atoms with Crippen molar-refractivity contribution in [1.82, 2.24) is 5.01 Å². The minimum absolute atomic E-state index is 0.0879. The first-order chi connectivity index (χ1) is 23.8. The first-order valence-corrected chi connectivity index (χ1v) is 21.1. The maximum Gasteiger partial charge on any atom is 0.231 e. The standard InChI is InChI=1S/C38H48IN3O7Si/c1-37(2,3)50(6,7)49-36(35-34(47-38(4,5)48-35)21-41-46-23-26-14-10-8-11-15-26)33(20-40-42-22-30(42)27-16-12-9-13-17-27)43-24-28-18-31-32(19-29(28)39)45-25-44-31/h8-21,30,33-36H,22-25H2,1-7H3/b40-20+,41-21-/t30?,33-,34+,35+,36+,42?/m1/s1. The largest absolute Gasteiger partial charge is 0.454 e. The molecule has 3 heterocycles. The molecular weight excluding hydrogens is 765 g/mol. The van der Waals surface area contributed by atoms with Gasteiger partial charge in [0.25, 0.3) is 0 Å². The maximum absolute atomic E-state index is 7.25. The number of hydrogen-bond acceptors (Lipinski definition) is 10. The zero-order valence-corrected chi connectivity index (χ0v) is 33.0. The third-order valence-electron chi connectivity index (χ3n) is 9.51. The number of nitrogens with zero attached hydrogens (tertiary/aromatic N) is 3. The Labute approximate surface area is 310 Å². The first-order valence-electron chi connectivity index (χ1n) is 17.1. The molecule has 1 unspecified atom stereocenters. The molecule has 2 saturated heterocycles. The monoisotopic (exact) mass is 813 g/mol. The lowest BCUT2D eigenvalue weighted by Gasteiger charge is -2.42. The van der Waals surface area contributed by atoms with Crippen molar-refractivity contribution in [1.29, 1.82) is 0 Å². The lowest BCUT2D eigenvalue weighted by Crippen LogP contribution is -2.55. The summed E-state index contributed by atoms with van der Waals surface area (Å²) in [6.45, 7) is 16.6. The van der Waals surface area contributed by atoms with Crippen LogP contribution in [0.25, 0.3) is 0 Å². The van der Waals surface area contributed by atoms with Gasteiger partial charge in [-0.25, -0.2) is 0 Å². The molecule has 3 aliphatic heterocycles. The third kappa shape index (κ3) is 9.07. The number of ether oxygens (including phenoxy) is 5. The van der Waals surface area contributed by atoms with Crippen LogP contribution in [0.1, 0.15) is 57.4 Å². The predicted molar refractivity (Wildman–Crippen MR) is 204 cm³/mol. The van der Waals surface area contributed by atoms with E-state index in [-0.39, 0.29) is 17.9 Å². The zero-order chi connectivity index (χ0) is 35.5. The summed E-state index contributed by atoms with van der Waals surface area (Å²) in [5.41, 5.74) is 3.23. The smallest absolute Gasteiger partial charge is 0.231 e. The van der Waals surface area contributed by atoms with Gasteiger partial charge in [0.05, 0.1) is 31.6 Å². The fourth-order valence-electron chi connectivity index (χ4n) is 5.65. The Morgan fingerprint density at radius 1 is 0.980 bits per heavy atom. The van der Waals surface area contributed by atoms with Crippen molar-refractivity contribution in [2.24, 2.45) is 10.3 Å². The Morgan fingerprint density at radius 2 is 1.66 bits per heavy atom. The quantitative estimate of drug-likeness (QED) is 0.0531. The summed E-state index contributed by atoms with van der Waals surface area (Å²) in [7, 11) is -2.40. The molecule has 50 heavy (non-hydrogen) atoms. The van der Waals surface area contributed by atoms with E-state index in [1.165, 1.54) is 5.56 Å². The maximum atomic E-state index is 7.25. The Morgan fingerprint density at radius 3 is 2.36 bits per heavy atom. The van der Waals surface area contributed by atoms with Crippen LogP contribution < -0.4 is 9.47 Å². The zero-order valence-electron chi connectivity index (χ0n) is 29.9. The highest BCUT2D eigenvalue weighted by atomic mass is 127. The van der Waals surface area contributed by atoms with Gasteiger partial charge in [-0.05, 0) is 83.4 Å². The fraction of sp³-hybridized carbons (Fsp3) is 0.474. The molecular formula is C38H48IN3O7Si. The topological polar surface area (TPSA) is 92.3 Å². The second-order valence-corrected chi connectivity index (χ2v) is 20.7. The lowest BCUT2D eigenvalue weighted by atomic mass is 10.0. The van der Waals surface area contributed by atoms with Crippen molar-refractivity contribution in [3.8, 4) is 11.5 Å². The summed E-state index contributed by atoms with van der Waals surface area (Å²) < 4.78 is 39.5. The molecule has 12 heteroatoms. The molecule has 0 saturated carbocycles. The van der Waals surface area contributed by atoms with Crippen LogP contribution in [0, 0.1) is 3.57 Å². The van der Waals surface area contributed by atoms with Gasteiger partial charge in [0, 0.05) is 3.57 Å². The highest BCUT2D eigenvalue weighted by molar-refractivity contribution is 14.1. The molecule has 2 fully saturated rings. The van der Waals surface area contributed by atoms with E-state index in [4.69, 9.17) is 38.0 Å². The van der Waals surface area contributed by atoms with Crippen LogP contribution in [0.5, 0.6) is 11.5 Å².